The molecular weight excluding hydrogens is 250 g/mol. The van der Waals surface area contributed by atoms with E-state index >= 15 is 0 Å². The number of hydrogen-bond acceptors (Lipinski definition) is 2. The maximum atomic E-state index is 12.0. The first-order chi connectivity index (χ1) is 9.60. The first kappa shape index (κ1) is 14.4. The number of amides is 1. The van der Waals surface area contributed by atoms with Crippen LogP contribution in [0.2, 0.25) is 0 Å². The normalized spacial score (nSPS) is 10.8. The number of benzene rings is 2. The number of ether oxygens (including phenoxy) is 1. The number of carbonyl (C=O) groups excluding carboxylic acids is 1. The fraction of sp³-hybridized carbons (Fsp3) is 0.353. The van der Waals surface area contributed by atoms with Gasteiger partial charge in [-0.2, -0.15) is 0 Å². The van der Waals surface area contributed by atoms with E-state index in [9.17, 15) is 4.79 Å². The molecule has 2 aromatic rings. The predicted octanol–water partition coefficient (Wildman–Crippen LogP) is 3.16. The molecular formula is C17H21NO2. The second-order valence-corrected chi connectivity index (χ2v) is 5.38. The van der Waals surface area contributed by atoms with E-state index in [2.05, 4.69) is 19.2 Å². The summed E-state index contributed by atoms with van der Waals surface area (Å²) in [6, 6.07) is 12.0. The number of rotatable bonds is 5. The van der Waals surface area contributed by atoms with Crippen LogP contribution in [-0.2, 0) is 11.2 Å². The van der Waals surface area contributed by atoms with Gasteiger partial charge in [-0.1, -0.05) is 38.1 Å². The quantitative estimate of drug-likeness (QED) is 0.907. The number of nitrogens with one attached hydrogen (secondary N) is 1. The highest BCUT2D eigenvalue weighted by molar-refractivity contribution is 5.91. The molecule has 0 saturated heterocycles. The van der Waals surface area contributed by atoms with E-state index in [4.69, 9.17) is 4.74 Å². The molecule has 20 heavy (non-hydrogen) atoms. The SMILES string of the molecule is COc1ccc2cccc(CC(=O)NCC(C)C)c2c1. The highest BCUT2D eigenvalue weighted by atomic mass is 16.5. The molecule has 0 unspecified atom stereocenters. The Labute approximate surface area is 119 Å². The van der Waals surface area contributed by atoms with E-state index < -0.39 is 0 Å². The largest absolute Gasteiger partial charge is 0.497 e. The third-order valence-corrected chi connectivity index (χ3v) is 3.24. The van der Waals surface area contributed by atoms with Crippen LogP contribution in [0.1, 0.15) is 19.4 Å². The standard InChI is InChI=1S/C17H21NO2/c1-12(2)11-18-17(19)9-14-6-4-5-13-7-8-15(20-3)10-16(13)14/h4-8,10,12H,9,11H2,1-3H3,(H,18,19). The van der Waals surface area contributed by atoms with Crippen LogP contribution >= 0.6 is 0 Å². The summed E-state index contributed by atoms with van der Waals surface area (Å²) >= 11 is 0. The van der Waals surface area contributed by atoms with E-state index in [0.29, 0.717) is 18.9 Å². The smallest absolute Gasteiger partial charge is 0.224 e. The summed E-state index contributed by atoms with van der Waals surface area (Å²) in [6.07, 6.45) is 0.400. The second kappa shape index (κ2) is 6.42. The minimum Gasteiger partial charge on any atom is -0.497 e. The molecule has 0 aliphatic rings. The molecule has 3 heteroatoms. The summed E-state index contributed by atoms with van der Waals surface area (Å²) in [7, 11) is 1.65. The summed E-state index contributed by atoms with van der Waals surface area (Å²) in [5.41, 5.74) is 1.03. The van der Waals surface area contributed by atoms with E-state index in [0.717, 1.165) is 22.1 Å². The van der Waals surface area contributed by atoms with Gasteiger partial charge in [0.2, 0.25) is 5.91 Å². The van der Waals surface area contributed by atoms with Crippen molar-refractivity contribution >= 4 is 16.7 Å². The molecule has 0 fully saturated rings. The maximum Gasteiger partial charge on any atom is 0.224 e. The van der Waals surface area contributed by atoms with Crippen molar-refractivity contribution in [1.82, 2.24) is 5.32 Å². The average Bonchev–Trinajstić information content (AvgIpc) is 2.45. The van der Waals surface area contributed by atoms with Crippen LogP contribution in [-0.4, -0.2) is 19.6 Å². The first-order valence-electron chi connectivity index (χ1n) is 6.92. The fourth-order valence-corrected chi connectivity index (χ4v) is 2.15. The summed E-state index contributed by atoms with van der Waals surface area (Å²) in [4.78, 5) is 12.0. The molecule has 106 valence electrons. The Kier molecular flexibility index (Phi) is 4.61. The van der Waals surface area contributed by atoms with Gasteiger partial charge in [0.15, 0.2) is 0 Å². The van der Waals surface area contributed by atoms with Gasteiger partial charge in [0, 0.05) is 6.54 Å². The lowest BCUT2D eigenvalue weighted by molar-refractivity contribution is -0.120. The molecule has 1 amide bonds. The summed E-state index contributed by atoms with van der Waals surface area (Å²) < 4.78 is 5.26. The lowest BCUT2D eigenvalue weighted by Gasteiger charge is -2.10. The van der Waals surface area contributed by atoms with Crippen molar-refractivity contribution in [2.24, 2.45) is 5.92 Å². The highest BCUT2D eigenvalue weighted by Gasteiger charge is 2.08. The van der Waals surface area contributed by atoms with Crippen LogP contribution in [0, 0.1) is 5.92 Å². The monoisotopic (exact) mass is 271 g/mol. The number of methoxy groups -OCH3 is 1. The molecule has 0 atom stereocenters. The van der Waals surface area contributed by atoms with E-state index in [1.807, 2.05) is 36.4 Å². The minimum absolute atomic E-state index is 0.0639. The van der Waals surface area contributed by atoms with Crippen LogP contribution in [0.25, 0.3) is 10.8 Å². The molecule has 0 heterocycles. The van der Waals surface area contributed by atoms with E-state index in [1.165, 1.54) is 0 Å². The number of fused-ring (bicyclic) bond motifs is 1. The van der Waals surface area contributed by atoms with Gasteiger partial charge in [-0.15, -0.1) is 0 Å². The van der Waals surface area contributed by atoms with Crippen LogP contribution in [0.4, 0.5) is 0 Å². The molecule has 1 N–H and O–H groups in total. The number of hydrogen-bond donors (Lipinski definition) is 1. The fourth-order valence-electron chi connectivity index (χ4n) is 2.15. The van der Waals surface area contributed by atoms with Gasteiger partial charge in [0.25, 0.3) is 0 Å². The van der Waals surface area contributed by atoms with Gasteiger partial charge in [0.1, 0.15) is 5.75 Å². The lowest BCUT2D eigenvalue weighted by Crippen LogP contribution is -2.28. The predicted molar refractivity (Wildman–Crippen MR) is 82.1 cm³/mol. The summed E-state index contributed by atoms with van der Waals surface area (Å²) in [5, 5.41) is 5.15. The van der Waals surface area contributed by atoms with Gasteiger partial charge >= 0.3 is 0 Å². The molecule has 2 rings (SSSR count). The molecule has 0 saturated carbocycles. The molecule has 0 bridgehead atoms. The van der Waals surface area contributed by atoms with Crippen molar-refractivity contribution in [3.05, 3.63) is 42.0 Å². The van der Waals surface area contributed by atoms with Gasteiger partial charge in [-0.3, -0.25) is 4.79 Å². The van der Waals surface area contributed by atoms with Crippen molar-refractivity contribution in [3.8, 4) is 5.75 Å². The zero-order chi connectivity index (χ0) is 14.5. The maximum absolute atomic E-state index is 12.0. The van der Waals surface area contributed by atoms with Crippen molar-refractivity contribution in [1.29, 1.82) is 0 Å². The average molecular weight is 271 g/mol. The van der Waals surface area contributed by atoms with Crippen LogP contribution in [0.15, 0.2) is 36.4 Å². The Balaban J connectivity index is 2.22. The zero-order valence-corrected chi connectivity index (χ0v) is 12.3. The van der Waals surface area contributed by atoms with Gasteiger partial charge in [-0.25, -0.2) is 0 Å². The third-order valence-electron chi connectivity index (χ3n) is 3.24. The summed E-state index contributed by atoms with van der Waals surface area (Å²) in [5.74, 6) is 1.34. The van der Waals surface area contributed by atoms with Crippen molar-refractivity contribution in [3.63, 3.8) is 0 Å². The molecule has 2 aromatic carbocycles. The minimum atomic E-state index is 0.0639. The summed E-state index contributed by atoms with van der Waals surface area (Å²) in [6.45, 7) is 4.89. The molecule has 3 nitrogen and oxygen atoms in total. The molecule has 0 spiro atoms. The van der Waals surface area contributed by atoms with Gasteiger partial charge in [0.05, 0.1) is 13.5 Å². The highest BCUT2D eigenvalue weighted by Crippen LogP contribution is 2.24. The molecule has 0 aliphatic carbocycles. The Bertz CT molecular complexity index is 605. The van der Waals surface area contributed by atoms with Gasteiger partial charge < -0.3 is 10.1 Å². The Morgan fingerprint density at radius 2 is 2.05 bits per heavy atom. The number of carbonyl (C=O) groups is 1. The van der Waals surface area contributed by atoms with Crippen LogP contribution in [0.5, 0.6) is 5.75 Å². The zero-order valence-electron chi connectivity index (χ0n) is 12.3. The Morgan fingerprint density at radius 3 is 2.75 bits per heavy atom. The van der Waals surface area contributed by atoms with Crippen molar-refractivity contribution in [2.45, 2.75) is 20.3 Å². The Hall–Kier alpha value is -2.03. The topological polar surface area (TPSA) is 38.3 Å². The molecule has 0 radical (unpaired) electrons. The molecule has 0 aliphatic heterocycles. The van der Waals surface area contributed by atoms with E-state index in [1.54, 1.807) is 7.11 Å². The van der Waals surface area contributed by atoms with Crippen LogP contribution < -0.4 is 10.1 Å². The molecule has 0 aromatic heterocycles. The second-order valence-electron chi connectivity index (χ2n) is 5.38. The van der Waals surface area contributed by atoms with Crippen molar-refractivity contribution < 1.29 is 9.53 Å². The Morgan fingerprint density at radius 1 is 1.25 bits per heavy atom. The van der Waals surface area contributed by atoms with Crippen LogP contribution in [0.3, 0.4) is 0 Å². The van der Waals surface area contributed by atoms with E-state index in [-0.39, 0.29) is 5.91 Å². The van der Waals surface area contributed by atoms with Gasteiger partial charge in [-0.05, 0) is 34.4 Å². The third kappa shape index (κ3) is 3.50. The lowest BCUT2D eigenvalue weighted by atomic mass is 10.0. The van der Waals surface area contributed by atoms with Crippen molar-refractivity contribution in [2.75, 3.05) is 13.7 Å². The first-order valence-corrected chi connectivity index (χ1v) is 6.92.